The molecule has 0 aliphatic heterocycles. The molecule has 1 aromatic heterocycles. The molecule has 0 spiro atoms. The first-order valence-corrected chi connectivity index (χ1v) is 8.66. The van der Waals surface area contributed by atoms with E-state index in [1.165, 1.54) is 25.4 Å². The number of halogens is 1. The lowest BCUT2D eigenvalue weighted by Gasteiger charge is -2.21. The highest BCUT2D eigenvalue weighted by atomic mass is 35.5. The maximum atomic E-state index is 12.6. The molecule has 1 heterocycles. The van der Waals surface area contributed by atoms with E-state index in [1.54, 1.807) is 26.0 Å². The third kappa shape index (κ3) is 5.17. The molecule has 0 radical (unpaired) electrons. The van der Waals surface area contributed by atoms with Crippen LogP contribution in [0.3, 0.4) is 0 Å². The van der Waals surface area contributed by atoms with E-state index in [0.717, 1.165) is 6.07 Å². The highest BCUT2D eigenvalue weighted by molar-refractivity contribution is 6.32. The van der Waals surface area contributed by atoms with Crippen molar-refractivity contribution in [2.45, 2.75) is 19.9 Å². The molecule has 28 heavy (non-hydrogen) atoms. The van der Waals surface area contributed by atoms with Crippen LogP contribution in [0.1, 0.15) is 24.2 Å². The van der Waals surface area contributed by atoms with Crippen LogP contribution in [0.25, 0.3) is 0 Å². The van der Waals surface area contributed by atoms with Crippen LogP contribution in [0.2, 0.25) is 5.02 Å². The topological polar surface area (TPSA) is 123 Å². The first-order chi connectivity index (χ1) is 13.2. The van der Waals surface area contributed by atoms with Gasteiger partial charge in [-0.15, -0.1) is 0 Å². The summed E-state index contributed by atoms with van der Waals surface area (Å²) in [6.45, 7) is 3.53. The number of aromatic nitrogens is 1. The Morgan fingerprint density at radius 1 is 1.25 bits per heavy atom. The van der Waals surface area contributed by atoms with Crippen molar-refractivity contribution in [2.75, 3.05) is 12.4 Å². The zero-order valence-electron chi connectivity index (χ0n) is 15.4. The Balaban J connectivity index is 2.15. The van der Waals surface area contributed by atoms with Crippen molar-refractivity contribution in [3.63, 3.8) is 0 Å². The summed E-state index contributed by atoms with van der Waals surface area (Å²) in [5, 5.41) is 16.2. The number of nitrogens with zero attached hydrogens (tertiary/aromatic N) is 2. The maximum Gasteiger partial charge on any atom is 0.288 e. The van der Waals surface area contributed by atoms with Gasteiger partial charge in [-0.25, -0.2) is 4.98 Å². The number of nitro benzene ring substituents is 1. The third-order valence-electron chi connectivity index (χ3n) is 3.85. The van der Waals surface area contributed by atoms with Crippen molar-refractivity contribution in [2.24, 2.45) is 5.92 Å². The van der Waals surface area contributed by atoms with E-state index in [1.807, 2.05) is 0 Å². The summed E-state index contributed by atoms with van der Waals surface area (Å²) in [5.74, 6) is -0.909. The summed E-state index contributed by atoms with van der Waals surface area (Å²) >= 11 is 5.76. The zero-order valence-corrected chi connectivity index (χ0v) is 16.2. The Hall–Kier alpha value is -3.20. The lowest BCUT2D eigenvalue weighted by Crippen LogP contribution is -2.47. The van der Waals surface area contributed by atoms with Gasteiger partial charge in [0.25, 0.3) is 11.6 Å². The van der Waals surface area contributed by atoms with Crippen molar-refractivity contribution in [1.29, 1.82) is 0 Å². The van der Waals surface area contributed by atoms with Gasteiger partial charge in [0.2, 0.25) is 11.8 Å². The summed E-state index contributed by atoms with van der Waals surface area (Å²) in [4.78, 5) is 39.4. The fraction of sp³-hybridized carbons (Fsp3) is 0.278. The van der Waals surface area contributed by atoms with Gasteiger partial charge in [0.15, 0.2) is 0 Å². The predicted octanol–water partition coefficient (Wildman–Crippen LogP) is 3.04. The SMILES string of the molecule is COc1ccc(NC(=O)[C@@H](NC(=O)c2ccc(Cl)c([N+](=O)[O-])c2)C(C)C)cn1. The van der Waals surface area contributed by atoms with E-state index in [4.69, 9.17) is 16.3 Å². The molecule has 0 unspecified atom stereocenters. The van der Waals surface area contributed by atoms with Crippen LogP contribution in [-0.2, 0) is 4.79 Å². The van der Waals surface area contributed by atoms with Crippen molar-refractivity contribution >= 4 is 34.8 Å². The number of carbonyl (C=O) groups excluding carboxylic acids is 2. The van der Waals surface area contributed by atoms with E-state index >= 15 is 0 Å². The van der Waals surface area contributed by atoms with Crippen molar-refractivity contribution in [3.05, 3.63) is 57.2 Å². The quantitative estimate of drug-likeness (QED) is 0.538. The first-order valence-electron chi connectivity index (χ1n) is 8.28. The number of hydrogen-bond donors (Lipinski definition) is 2. The molecule has 9 nitrogen and oxygen atoms in total. The molecule has 0 fully saturated rings. The number of anilines is 1. The van der Waals surface area contributed by atoms with Gasteiger partial charge in [-0.2, -0.15) is 0 Å². The fourth-order valence-electron chi connectivity index (χ4n) is 2.35. The van der Waals surface area contributed by atoms with Crippen molar-refractivity contribution in [3.8, 4) is 5.88 Å². The minimum atomic E-state index is -0.871. The second-order valence-electron chi connectivity index (χ2n) is 6.20. The average Bonchev–Trinajstić information content (AvgIpc) is 2.66. The predicted molar refractivity (Wildman–Crippen MR) is 104 cm³/mol. The molecule has 10 heteroatoms. The van der Waals surface area contributed by atoms with Crippen molar-refractivity contribution in [1.82, 2.24) is 10.3 Å². The van der Waals surface area contributed by atoms with Gasteiger partial charge < -0.3 is 15.4 Å². The molecular formula is C18H19ClN4O5. The number of nitrogens with one attached hydrogen (secondary N) is 2. The van der Waals surface area contributed by atoms with Gasteiger partial charge in [0, 0.05) is 17.7 Å². The van der Waals surface area contributed by atoms with Gasteiger partial charge in [-0.05, 0) is 24.1 Å². The summed E-state index contributed by atoms with van der Waals surface area (Å²) in [5.41, 5.74) is 0.0812. The summed E-state index contributed by atoms with van der Waals surface area (Å²) in [6.07, 6.45) is 1.43. The minimum Gasteiger partial charge on any atom is -0.481 e. The standard InChI is InChI=1S/C18H19ClN4O5/c1-10(2)16(18(25)21-12-5-7-15(28-3)20-9-12)22-17(24)11-4-6-13(19)14(8-11)23(26)27/h4-10,16H,1-3H3,(H,21,25)(H,22,24)/t16-/m0/s1. The number of carbonyl (C=O) groups is 2. The Morgan fingerprint density at radius 2 is 1.96 bits per heavy atom. The van der Waals surface area contributed by atoms with E-state index in [-0.39, 0.29) is 22.2 Å². The van der Waals surface area contributed by atoms with Crippen LogP contribution < -0.4 is 15.4 Å². The number of pyridine rings is 1. The van der Waals surface area contributed by atoms with Gasteiger partial charge >= 0.3 is 0 Å². The summed E-state index contributed by atoms with van der Waals surface area (Å²) < 4.78 is 4.96. The first kappa shape index (κ1) is 21.1. The number of nitro groups is 1. The molecule has 2 N–H and O–H groups in total. The Bertz CT molecular complexity index is 886. The highest BCUT2D eigenvalue weighted by Gasteiger charge is 2.26. The molecule has 2 amide bonds. The summed E-state index contributed by atoms with van der Waals surface area (Å²) in [6, 6.07) is 6.02. The molecule has 0 bridgehead atoms. The molecule has 0 aliphatic carbocycles. The normalized spacial score (nSPS) is 11.6. The maximum absolute atomic E-state index is 12.6. The lowest BCUT2D eigenvalue weighted by atomic mass is 10.0. The van der Waals surface area contributed by atoms with Crippen LogP contribution in [0.4, 0.5) is 11.4 Å². The number of benzene rings is 1. The Labute approximate surface area is 166 Å². The number of amides is 2. The van der Waals surface area contributed by atoms with Crippen LogP contribution in [0, 0.1) is 16.0 Å². The third-order valence-corrected chi connectivity index (χ3v) is 4.17. The second kappa shape index (κ2) is 9.14. The van der Waals surface area contributed by atoms with Gasteiger partial charge in [-0.3, -0.25) is 19.7 Å². The molecule has 148 valence electrons. The molecule has 1 atom stereocenters. The number of ether oxygens (including phenoxy) is 1. The molecule has 0 saturated carbocycles. The van der Waals surface area contributed by atoms with Crippen LogP contribution in [0.15, 0.2) is 36.5 Å². The number of rotatable bonds is 7. The van der Waals surface area contributed by atoms with Crippen LogP contribution >= 0.6 is 11.6 Å². The molecule has 0 saturated heterocycles. The second-order valence-corrected chi connectivity index (χ2v) is 6.60. The van der Waals surface area contributed by atoms with E-state index in [9.17, 15) is 19.7 Å². The van der Waals surface area contributed by atoms with Gasteiger partial charge in [0.1, 0.15) is 11.1 Å². The molecule has 2 aromatic rings. The fourth-order valence-corrected chi connectivity index (χ4v) is 2.53. The van der Waals surface area contributed by atoms with Crippen LogP contribution in [0.5, 0.6) is 5.88 Å². The van der Waals surface area contributed by atoms with Gasteiger partial charge in [-0.1, -0.05) is 25.4 Å². The zero-order chi connectivity index (χ0) is 20.8. The smallest absolute Gasteiger partial charge is 0.288 e. The molecule has 2 rings (SSSR count). The lowest BCUT2D eigenvalue weighted by molar-refractivity contribution is -0.384. The largest absolute Gasteiger partial charge is 0.481 e. The average molecular weight is 407 g/mol. The van der Waals surface area contributed by atoms with E-state index in [0.29, 0.717) is 11.6 Å². The molecular weight excluding hydrogens is 388 g/mol. The van der Waals surface area contributed by atoms with Crippen LogP contribution in [-0.4, -0.2) is 34.9 Å². The number of hydrogen-bond acceptors (Lipinski definition) is 6. The van der Waals surface area contributed by atoms with E-state index in [2.05, 4.69) is 15.6 Å². The Kier molecular flexibility index (Phi) is 6.89. The molecule has 1 aromatic carbocycles. The van der Waals surface area contributed by atoms with Crippen molar-refractivity contribution < 1.29 is 19.2 Å². The summed E-state index contributed by atoms with van der Waals surface area (Å²) in [7, 11) is 1.48. The molecule has 0 aliphatic rings. The van der Waals surface area contributed by atoms with E-state index < -0.39 is 22.8 Å². The monoisotopic (exact) mass is 406 g/mol. The highest BCUT2D eigenvalue weighted by Crippen LogP contribution is 2.25. The number of methoxy groups -OCH3 is 1. The Morgan fingerprint density at radius 3 is 2.50 bits per heavy atom. The van der Waals surface area contributed by atoms with Gasteiger partial charge in [0.05, 0.1) is 23.9 Å². The minimum absolute atomic E-state index is 0.0284.